The van der Waals surface area contributed by atoms with E-state index in [1.54, 1.807) is 23.1 Å². The minimum atomic E-state index is -0.441. The first-order valence-corrected chi connectivity index (χ1v) is 9.60. The molecular formula is C23H17Cl2NO2. The van der Waals surface area contributed by atoms with E-state index in [0.717, 1.165) is 16.7 Å². The van der Waals surface area contributed by atoms with E-state index < -0.39 is 11.9 Å². The zero-order valence-corrected chi connectivity index (χ0v) is 16.4. The van der Waals surface area contributed by atoms with E-state index in [-0.39, 0.29) is 12.3 Å². The Bertz CT molecular complexity index is 1050. The minimum absolute atomic E-state index is 0.238. The molecule has 0 saturated heterocycles. The molecule has 1 aliphatic rings. The molecule has 3 aromatic carbocycles. The van der Waals surface area contributed by atoms with Crippen molar-refractivity contribution in [3.05, 3.63) is 111 Å². The number of amides is 1. The van der Waals surface area contributed by atoms with Gasteiger partial charge in [0, 0.05) is 22.2 Å². The number of halogens is 2. The average Bonchev–Trinajstić information content (AvgIpc) is 2.96. The quantitative estimate of drug-likeness (QED) is 0.569. The lowest BCUT2D eigenvalue weighted by Crippen LogP contribution is -2.30. The molecule has 1 amide bonds. The molecule has 0 bridgehead atoms. The molecule has 0 saturated carbocycles. The van der Waals surface area contributed by atoms with E-state index in [1.807, 2.05) is 60.7 Å². The molecule has 1 atom stereocenters. The first-order valence-electron chi connectivity index (χ1n) is 8.84. The lowest BCUT2D eigenvalue weighted by Gasteiger charge is -2.28. The third-order valence-corrected chi connectivity index (χ3v) is 5.49. The van der Waals surface area contributed by atoms with Crippen molar-refractivity contribution in [1.29, 1.82) is 0 Å². The Morgan fingerprint density at radius 1 is 0.857 bits per heavy atom. The van der Waals surface area contributed by atoms with Gasteiger partial charge in [0.15, 0.2) is 5.76 Å². The van der Waals surface area contributed by atoms with E-state index in [9.17, 15) is 9.90 Å². The molecule has 0 radical (unpaired) electrons. The van der Waals surface area contributed by atoms with Crippen molar-refractivity contribution in [2.24, 2.45) is 0 Å². The fourth-order valence-electron chi connectivity index (χ4n) is 3.53. The van der Waals surface area contributed by atoms with Crippen molar-refractivity contribution < 1.29 is 9.90 Å². The van der Waals surface area contributed by atoms with Crippen LogP contribution in [0.3, 0.4) is 0 Å². The normalized spacial score (nSPS) is 16.7. The number of nitrogens with zero attached hydrogens (tertiary/aromatic N) is 1. The third-order valence-electron chi connectivity index (χ3n) is 4.87. The predicted octanol–water partition coefficient (Wildman–Crippen LogP) is 6.05. The van der Waals surface area contributed by atoms with Crippen LogP contribution in [0.15, 0.2) is 84.6 Å². The highest BCUT2D eigenvalue weighted by Gasteiger charge is 2.41. The number of hydrogen-bond donors (Lipinski definition) is 1. The molecule has 0 aromatic heterocycles. The van der Waals surface area contributed by atoms with Gasteiger partial charge in [-0.1, -0.05) is 83.9 Å². The summed E-state index contributed by atoms with van der Waals surface area (Å²) in [5.41, 5.74) is 3.07. The van der Waals surface area contributed by atoms with Gasteiger partial charge < -0.3 is 10.0 Å². The zero-order valence-electron chi connectivity index (χ0n) is 14.8. The first kappa shape index (κ1) is 18.6. The fraction of sp³-hybridized carbons (Fsp3) is 0.0870. The second-order valence-corrected chi connectivity index (χ2v) is 7.45. The Balaban J connectivity index is 1.82. The van der Waals surface area contributed by atoms with Crippen molar-refractivity contribution in [3.8, 4) is 0 Å². The topological polar surface area (TPSA) is 40.5 Å². The molecule has 3 aromatic rings. The number of rotatable bonds is 4. The summed E-state index contributed by atoms with van der Waals surface area (Å²) in [7, 11) is 0. The summed E-state index contributed by atoms with van der Waals surface area (Å²) in [4.78, 5) is 14.6. The lowest BCUT2D eigenvalue weighted by molar-refractivity contribution is -0.130. The van der Waals surface area contributed by atoms with Crippen LogP contribution < -0.4 is 0 Å². The SMILES string of the molecule is O=C1C(O)=C(c2ccccc2)[C@H](c2ccc(Cl)cc2)N1Cc1ccccc1Cl. The molecule has 3 nitrogen and oxygen atoms in total. The van der Waals surface area contributed by atoms with E-state index in [1.165, 1.54) is 0 Å². The van der Waals surface area contributed by atoms with Gasteiger partial charge in [0.2, 0.25) is 0 Å². The van der Waals surface area contributed by atoms with Gasteiger partial charge in [-0.3, -0.25) is 4.79 Å². The van der Waals surface area contributed by atoms with Gasteiger partial charge in [-0.15, -0.1) is 0 Å². The minimum Gasteiger partial charge on any atom is -0.503 e. The van der Waals surface area contributed by atoms with Gasteiger partial charge in [-0.05, 0) is 34.9 Å². The molecule has 1 heterocycles. The molecule has 1 N–H and O–H groups in total. The Morgan fingerprint density at radius 3 is 2.18 bits per heavy atom. The predicted molar refractivity (Wildman–Crippen MR) is 112 cm³/mol. The van der Waals surface area contributed by atoms with Crippen LogP contribution in [0.2, 0.25) is 10.0 Å². The monoisotopic (exact) mass is 409 g/mol. The van der Waals surface area contributed by atoms with Crippen LogP contribution in [0.5, 0.6) is 0 Å². The largest absolute Gasteiger partial charge is 0.503 e. The van der Waals surface area contributed by atoms with Crippen LogP contribution in [0.4, 0.5) is 0 Å². The number of hydrogen-bond acceptors (Lipinski definition) is 2. The van der Waals surface area contributed by atoms with Crippen LogP contribution >= 0.6 is 23.2 Å². The summed E-state index contributed by atoms with van der Waals surface area (Å²) in [6.45, 7) is 0.284. The van der Waals surface area contributed by atoms with Gasteiger partial charge in [-0.2, -0.15) is 0 Å². The van der Waals surface area contributed by atoms with Gasteiger partial charge in [0.05, 0.1) is 6.04 Å². The van der Waals surface area contributed by atoms with E-state index in [4.69, 9.17) is 23.2 Å². The number of benzene rings is 3. The maximum atomic E-state index is 13.0. The van der Waals surface area contributed by atoms with Crippen molar-refractivity contribution in [3.63, 3.8) is 0 Å². The Hall–Kier alpha value is -2.75. The molecule has 5 heteroatoms. The number of aliphatic hydroxyl groups excluding tert-OH is 1. The van der Waals surface area contributed by atoms with Crippen molar-refractivity contribution in [1.82, 2.24) is 4.90 Å². The average molecular weight is 410 g/mol. The van der Waals surface area contributed by atoms with Gasteiger partial charge >= 0.3 is 0 Å². The van der Waals surface area contributed by atoms with Gasteiger partial charge in [-0.25, -0.2) is 0 Å². The lowest BCUT2D eigenvalue weighted by atomic mass is 9.93. The third kappa shape index (κ3) is 3.39. The van der Waals surface area contributed by atoms with Crippen LogP contribution in [-0.4, -0.2) is 15.9 Å². The van der Waals surface area contributed by atoms with Crippen LogP contribution in [0.25, 0.3) is 5.57 Å². The number of carbonyl (C=O) groups excluding carboxylic acids is 1. The fourth-order valence-corrected chi connectivity index (χ4v) is 3.85. The van der Waals surface area contributed by atoms with Crippen molar-refractivity contribution in [2.45, 2.75) is 12.6 Å². The van der Waals surface area contributed by atoms with Gasteiger partial charge in [0.25, 0.3) is 5.91 Å². The smallest absolute Gasteiger partial charge is 0.290 e. The number of aliphatic hydroxyl groups is 1. The zero-order chi connectivity index (χ0) is 19.7. The Morgan fingerprint density at radius 2 is 1.50 bits per heavy atom. The highest BCUT2D eigenvalue weighted by Crippen LogP contribution is 2.44. The highest BCUT2D eigenvalue weighted by molar-refractivity contribution is 6.31. The molecule has 0 unspecified atom stereocenters. The summed E-state index contributed by atoms with van der Waals surface area (Å²) in [6, 6.07) is 23.7. The second kappa shape index (κ2) is 7.70. The standard InChI is InChI=1S/C23H17Cl2NO2/c24-18-12-10-16(11-13-18)21-20(15-6-2-1-3-7-15)22(27)23(28)26(21)14-17-8-4-5-9-19(17)25/h1-13,21,27H,14H2/t21-/m0/s1. The van der Waals surface area contributed by atoms with Crippen LogP contribution in [-0.2, 0) is 11.3 Å². The summed E-state index contributed by atoms with van der Waals surface area (Å²) in [5, 5.41) is 11.9. The molecule has 28 heavy (non-hydrogen) atoms. The molecule has 1 aliphatic heterocycles. The maximum absolute atomic E-state index is 13.0. The Labute approximate surface area is 173 Å². The van der Waals surface area contributed by atoms with Crippen molar-refractivity contribution >= 4 is 34.7 Å². The molecule has 4 rings (SSSR count). The number of carbonyl (C=O) groups is 1. The molecule has 0 aliphatic carbocycles. The maximum Gasteiger partial charge on any atom is 0.290 e. The summed E-state index contributed by atoms with van der Waals surface area (Å²) in [5.74, 6) is -0.656. The highest BCUT2D eigenvalue weighted by atomic mass is 35.5. The van der Waals surface area contributed by atoms with Gasteiger partial charge in [0.1, 0.15) is 0 Å². The van der Waals surface area contributed by atoms with Crippen LogP contribution in [0, 0.1) is 0 Å². The summed E-state index contributed by atoms with van der Waals surface area (Å²) < 4.78 is 0. The Kier molecular flexibility index (Phi) is 5.12. The van der Waals surface area contributed by atoms with Crippen molar-refractivity contribution in [2.75, 3.05) is 0 Å². The van der Waals surface area contributed by atoms with E-state index >= 15 is 0 Å². The summed E-state index contributed by atoms with van der Waals surface area (Å²) >= 11 is 12.4. The summed E-state index contributed by atoms with van der Waals surface area (Å²) in [6.07, 6.45) is 0. The molecule has 0 spiro atoms. The first-order chi connectivity index (χ1) is 13.6. The van der Waals surface area contributed by atoms with E-state index in [2.05, 4.69) is 0 Å². The molecular weight excluding hydrogens is 393 g/mol. The molecule has 0 fully saturated rings. The second-order valence-electron chi connectivity index (χ2n) is 6.61. The van der Waals surface area contributed by atoms with Crippen LogP contribution in [0.1, 0.15) is 22.7 Å². The molecule has 140 valence electrons. The van der Waals surface area contributed by atoms with E-state index in [0.29, 0.717) is 15.6 Å².